The third kappa shape index (κ3) is 4.74. The van der Waals surface area contributed by atoms with E-state index in [4.69, 9.17) is 9.47 Å². The van der Waals surface area contributed by atoms with Crippen molar-refractivity contribution in [2.24, 2.45) is 11.3 Å². The molecule has 8 heteroatoms. The zero-order valence-electron chi connectivity index (χ0n) is 23.5. The Morgan fingerprint density at radius 2 is 1.40 bits per heavy atom. The number of nitrogens with zero attached hydrogens (tertiary/aromatic N) is 1. The van der Waals surface area contributed by atoms with Crippen LogP contribution < -0.4 is 9.47 Å². The van der Waals surface area contributed by atoms with Crippen LogP contribution in [0.5, 0.6) is 11.5 Å². The zero-order valence-corrected chi connectivity index (χ0v) is 24.3. The molecule has 0 saturated carbocycles. The molecule has 7 nitrogen and oxygen atoms in total. The van der Waals surface area contributed by atoms with Crippen LogP contribution in [0.3, 0.4) is 0 Å². The van der Waals surface area contributed by atoms with Crippen LogP contribution in [-0.2, 0) is 14.8 Å². The molecule has 5 rings (SSSR count). The van der Waals surface area contributed by atoms with Gasteiger partial charge in [-0.1, -0.05) is 42.0 Å². The number of carbonyl (C=O) groups excluding carboxylic acids is 1. The summed E-state index contributed by atoms with van der Waals surface area (Å²) in [7, 11) is -0.716. The molecule has 0 bridgehead atoms. The second-order valence-corrected chi connectivity index (χ2v) is 13.2. The van der Waals surface area contributed by atoms with E-state index in [1.54, 1.807) is 52.3 Å². The maximum absolute atomic E-state index is 14.7. The minimum absolute atomic E-state index is 0.0178. The summed E-state index contributed by atoms with van der Waals surface area (Å²) >= 11 is 0. The second kappa shape index (κ2) is 10.2. The van der Waals surface area contributed by atoms with Gasteiger partial charge in [-0.2, -0.15) is 4.31 Å². The summed E-state index contributed by atoms with van der Waals surface area (Å²) in [5, 5.41) is 11.4. The molecule has 1 spiro atoms. The lowest BCUT2D eigenvalue weighted by atomic mass is 9.67. The van der Waals surface area contributed by atoms with E-state index in [-0.39, 0.29) is 23.8 Å². The van der Waals surface area contributed by atoms with Crippen molar-refractivity contribution in [2.45, 2.75) is 37.7 Å². The number of carbonyl (C=O) groups is 1. The Kier molecular flexibility index (Phi) is 7.15. The number of methoxy groups -OCH3 is 2. The lowest BCUT2D eigenvalue weighted by Crippen LogP contribution is -2.46. The van der Waals surface area contributed by atoms with Crippen molar-refractivity contribution in [3.63, 3.8) is 0 Å². The van der Waals surface area contributed by atoms with Gasteiger partial charge >= 0.3 is 0 Å². The number of Topliss-reactive ketones (excluding diaryl/α,β-unsaturated/α-hetero) is 1. The van der Waals surface area contributed by atoms with Crippen molar-refractivity contribution in [3.05, 3.63) is 89.5 Å². The highest BCUT2D eigenvalue weighted by Crippen LogP contribution is 2.57. The normalized spacial score (nSPS) is 21.9. The number of aryl methyl sites for hydroxylation is 1. The molecule has 2 aliphatic rings. The highest BCUT2D eigenvalue weighted by atomic mass is 32.2. The van der Waals surface area contributed by atoms with Gasteiger partial charge in [0.05, 0.1) is 30.1 Å². The van der Waals surface area contributed by atoms with E-state index >= 15 is 0 Å². The van der Waals surface area contributed by atoms with Crippen molar-refractivity contribution in [2.75, 3.05) is 27.3 Å². The maximum atomic E-state index is 14.7. The minimum atomic E-state index is -3.90. The molecule has 2 atom stereocenters. The van der Waals surface area contributed by atoms with Crippen LogP contribution >= 0.6 is 0 Å². The summed E-state index contributed by atoms with van der Waals surface area (Å²) in [6.45, 7) is 5.24. The first-order chi connectivity index (χ1) is 18.9. The Labute approximate surface area is 236 Å². The van der Waals surface area contributed by atoms with Crippen molar-refractivity contribution >= 4 is 27.0 Å². The molecule has 3 aromatic rings. The Bertz CT molecular complexity index is 1550. The van der Waals surface area contributed by atoms with Crippen LogP contribution in [0.2, 0.25) is 0 Å². The van der Waals surface area contributed by atoms with E-state index in [2.05, 4.69) is 0 Å². The predicted octanol–water partition coefficient (Wildman–Crippen LogP) is 4.97. The van der Waals surface area contributed by atoms with Gasteiger partial charge in [-0.25, -0.2) is 8.42 Å². The smallest absolute Gasteiger partial charge is 0.243 e. The number of sulfonamides is 1. The van der Waals surface area contributed by atoms with Gasteiger partial charge in [-0.3, -0.25) is 4.79 Å². The number of hydrogen-bond acceptors (Lipinski definition) is 6. The number of benzene rings is 3. The van der Waals surface area contributed by atoms with Crippen LogP contribution in [0, 0.1) is 18.3 Å². The van der Waals surface area contributed by atoms with Gasteiger partial charge in [0.25, 0.3) is 0 Å². The molecular formula is C32H35NO6S. The molecule has 1 N–H and O–H groups in total. The number of aliphatic hydroxyl groups is 1. The molecule has 1 aliphatic carbocycles. The molecule has 2 unspecified atom stereocenters. The highest BCUT2D eigenvalue weighted by Gasteiger charge is 2.62. The quantitative estimate of drug-likeness (QED) is 0.438. The molecule has 3 aromatic carbocycles. The van der Waals surface area contributed by atoms with Gasteiger partial charge in [0.2, 0.25) is 10.0 Å². The lowest BCUT2D eigenvalue weighted by Gasteiger charge is -2.37. The van der Waals surface area contributed by atoms with Crippen LogP contribution in [-0.4, -0.2) is 56.5 Å². The Morgan fingerprint density at radius 3 is 1.90 bits per heavy atom. The lowest BCUT2D eigenvalue weighted by molar-refractivity contribution is -0.128. The zero-order chi connectivity index (χ0) is 28.9. The van der Waals surface area contributed by atoms with Gasteiger partial charge in [0.15, 0.2) is 5.78 Å². The highest BCUT2D eigenvalue weighted by molar-refractivity contribution is 7.89. The molecule has 1 aliphatic heterocycles. The molecule has 0 aromatic heterocycles. The Hall–Kier alpha value is -3.46. The van der Waals surface area contributed by atoms with Gasteiger partial charge in [-0.05, 0) is 80.3 Å². The van der Waals surface area contributed by atoms with Crippen molar-refractivity contribution in [1.82, 2.24) is 4.31 Å². The fourth-order valence-electron chi connectivity index (χ4n) is 6.19. The SMILES string of the molecule is COc1ccc(C2=C(c3ccc(OC)cc3)C(=O)C3(C2)CN(S(=O)(=O)c2ccc(C)cc2)CC3C(C)(C)O)cc1. The summed E-state index contributed by atoms with van der Waals surface area (Å²) < 4.78 is 39.7. The molecule has 210 valence electrons. The maximum Gasteiger partial charge on any atom is 0.243 e. The number of hydrogen-bond donors (Lipinski definition) is 1. The van der Waals surface area contributed by atoms with E-state index in [0.29, 0.717) is 23.5 Å². The average molecular weight is 562 g/mol. The molecule has 0 radical (unpaired) electrons. The average Bonchev–Trinajstić information content (AvgIpc) is 3.48. The van der Waals surface area contributed by atoms with Crippen molar-refractivity contribution in [3.8, 4) is 11.5 Å². The van der Waals surface area contributed by atoms with E-state index < -0.39 is 27.0 Å². The number of ether oxygens (including phenoxy) is 2. The first-order valence-electron chi connectivity index (χ1n) is 13.3. The molecular weight excluding hydrogens is 526 g/mol. The molecule has 1 fully saturated rings. The molecule has 0 amide bonds. The summed E-state index contributed by atoms with van der Waals surface area (Å²) in [6, 6.07) is 21.6. The number of rotatable bonds is 7. The first-order valence-corrected chi connectivity index (χ1v) is 14.7. The summed E-state index contributed by atoms with van der Waals surface area (Å²) in [5.41, 5.74) is 1.44. The fourth-order valence-corrected chi connectivity index (χ4v) is 7.71. The van der Waals surface area contributed by atoms with Crippen LogP contribution in [0.15, 0.2) is 77.7 Å². The van der Waals surface area contributed by atoms with Gasteiger partial charge in [0, 0.05) is 24.6 Å². The van der Waals surface area contributed by atoms with Gasteiger partial charge in [-0.15, -0.1) is 0 Å². The first kappa shape index (κ1) is 28.1. The third-order valence-electron chi connectivity index (χ3n) is 8.31. The third-order valence-corrected chi connectivity index (χ3v) is 10.1. The van der Waals surface area contributed by atoms with Crippen molar-refractivity contribution < 1.29 is 27.8 Å². The van der Waals surface area contributed by atoms with Crippen LogP contribution in [0.25, 0.3) is 11.1 Å². The largest absolute Gasteiger partial charge is 0.497 e. The number of ketones is 1. The minimum Gasteiger partial charge on any atom is -0.497 e. The fraction of sp³-hybridized carbons (Fsp3) is 0.344. The van der Waals surface area contributed by atoms with E-state index in [1.807, 2.05) is 55.5 Å². The molecule has 1 heterocycles. The van der Waals surface area contributed by atoms with Gasteiger partial charge < -0.3 is 14.6 Å². The molecule has 40 heavy (non-hydrogen) atoms. The Balaban J connectivity index is 1.64. The standard InChI is InChI=1S/C32H35NO6S/c1-21-6-16-26(17-7-21)40(36,37)33-19-28(31(2,3)35)32(20-33)18-27(22-8-12-24(38-4)13-9-22)29(30(32)34)23-10-14-25(39-5)15-11-23/h6-17,28,35H,18-20H2,1-5H3. The van der Waals surface area contributed by atoms with Crippen LogP contribution in [0.4, 0.5) is 0 Å². The van der Waals surface area contributed by atoms with Gasteiger partial charge in [0.1, 0.15) is 11.5 Å². The topological polar surface area (TPSA) is 93.1 Å². The summed E-state index contributed by atoms with van der Waals surface area (Å²) in [4.78, 5) is 14.8. The van der Waals surface area contributed by atoms with E-state index in [1.165, 1.54) is 4.31 Å². The summed E-state index contributed by atoms with van der Waals surface area (Å²) in [5.74, 6) is 0.579. The van der Waals surface area contributed by atoms with Crippen molar-refractivity contribution in [1.29, 1.82) is 0 Å². The summed E-state index contributed by atoms with van der Waals surface area (Å²) in [6.07, 6.45) is 0.300. The Morgan fingerprint density at radius 1 is 0.875 bits per heavy atom. The predicted molar refractivity (Wildman–Crippen MR) is 155 cm³/mol. The van der Waals surface area contributed by atoms with E-state index in [9.17, 15) is 18.3 Å². The van der Waals surface area contributed by atoms with Crippen LogP contribution in [0.1, 0.15) is 37.0 Å². The van der Waals surface area contributed by atoms with E-state index in [0.717, 1.165) is 22.3 Å². The number of allylic oxidation sites excluding steroid dienone is 2. The monoisotopic (exact) mass is 561 g/mol. The molecule has 1 saturated heterocycles. The second-order valence-electron chi connectivity index (χ2n) is 11.3.